The van der Waals surface area contributed by atoms with Crippen molar-refractivity contribution in [1.29, 1.82) is 0 Å². The van der Waals surface area contributed by atoms with Crippen molar-refractivity contribution in [3.8, 4) is 0 Å². The minimum atomic E-state index is -0.905. The number of hydrogen-bond donors (Lipinski definition) is 2. The van der Waals surface area contributed by atoms with Gasteiger partial charge in [-0.2, -0.15) is 0 Å². The van der Waals surface area contributed by atoms with Crippen molar-refractivity contribution in [1.82, 2.24) is 9.97 Å². The van der Waals surface area contributed by atoms with Gasteiger partial charge in [-0.05, 0) is 44.0 Å². The summed E-state index contributed by atoms with van der Waals surface area (Å²) in [5, 5.41) is 12.1. The molecule has 0 aliphatic heterocycles. The summed E-state index contributed by atoms with van der Waals surface area (Å²) >= 11 is 0. The minimum Gasteiger partial charge on any atom is -0.478 e. The summed E-state index contributed by atoms with van der Waals surface area (Å²) < 4.78 is 0. The van der Waals surface area contributed by atoms with E-state index in [1.807, 2.05) is 26.0 Å². The normalized spacial score (nSPS) is 10.3. The van der Waals surface area contributed by atoms with Crippen molar-refractivity contribution in [2.45, 2.75) is 20.3 Å². The lowest BCUT2D eigenvalue weighted by atomic mass is 10.1. The molecule has 2 rings (SSSR count). The molecule has 0 fully saturated rings. The van der Waals surface area contributed by atoms with E-state index in [9.17, 15) is 4.79 Å². The maximum Gasteiger partial charge on any atom is 0.335 e. The van der Waals surface area contributed by atoms with E-state index in [1.165, 1.54) is 0 Å². The number of aromatic carboxylic acids is 1. The number of benzene rings is 1. The summed E-state index contributed by atoms with van der Waals surface area (Å²) in [5.74, 6) is -0.297. The first kappa shape index (κ1) is 14.0. The fourth-order valence-corrected chi connectivity index (χ4v) is 1.98. The number of carbonyl (C=O) groups is 1. The second-order valence-electron chi connectivity index (χ2n) is 4.66. The molecule has 5 nitrogen and oxygen atoms in total. The van der Waals surface area contributed by atoms with Crippen LogP contribution in [-0.4, -0.2) is 27.6 Å². The molecular weight excluding hydrogens is 254 g/mol. The van der Waals surface area contributed by atoms with Gasteiger partial charge in [0, 0.05) is 17.9 Å². The molecule has 1 aromatic carbocycles. The van der Waals surface area contributed by atoms with Gasteiger partial charge in [0.2, 0.25) is 5.95 Å². The van der Waals surface area contributed by atoms with Crippen LogP contribution in [0.15, 0.2) is 30.3 Å². The number of hydrogen-bond acceptors (Lipinski definition) is 4. The standard InChI is InChI=1S/C15H17N3O2/c1-10-8-11(2)18-15(17-10)16-7-6-12-4-3-5-13(9-12)14(19)20/h3-5,8-9H,6-7H2,1-2H3,(H,19,20)(H,16,17,18). The molecular formula is C15H17N3O2. The number of rotatable bonds is 5. The molecule has 0 radical (unpaired) electrons. The van der Waals surface area contributed by atoms with Crippen LogP contribution in [0, 0.1) is 13.8 Å². The van der Waals surface area contributed by atoms with E-state index in [0.717, 1.165) is 23.4 Å². The summed E-state index contributed by atoms with van der Waals surface area (Å²) in [7, 11) is 0. The Morgan fingerprint density at radius 3 is 2.55 bits per heavy atom. The van der Waals surface area contributed by atoms with Gasteiger partial charge in [-0.3, -0.25) is 0 Å². The fraction of sp³-hybridized carbons (Fsp3) is 0.267. The maximum absolute atomic E-state index is 10.9. The van der Waals surface area contributed by atoms with Crippen molar-refractivity contribution >= 4 is 11.9 Å². The quantitative estimate of drug-likeness (QED) is 0.873. The van der Waals surface area contributed by atoms with E-state index in [2.05, 4.69) is 15.3 Å². The van der Waals surface area contributed by atoms with Gasteiger partial charge in [0.15, 0.2) is 0 Å². The third-order valence-corrected chi connectivity index (χ3v) is 2.85. The van der Waals surface area contributed by atoms with Gasteiger partial charge in [-0.1, -0.05) is 12.1 Å². The van der Waals surface area contributed by atoms with E-state index in [-0.39, 0.29) is 0 Å². The highest BCUT2D eigenvalue weighted by atomic mass is 16.4. The molecule has 5 heteroatoms. The summed E-state index contributed by atoms with van der Waals surface area (Å²) in [6.45, 7) is 4.51. The zero-order chi connectivity index (χ0) is 14.5. The molecule has 2 aromatic rings. The number of aryl methyl sites for hydroxylation is 2. The van der Waals surface area contributed by atoms with Crippen LogP contribution in [0.4, 0.5) is 5.95 Å². The third-order valence-electron chi connectivity index (χ3n) is 2.85. The molecule has 0 aliphatic carbocycles. The van der Waals surface area contributed by atoms with Crippen molar-refractivity contribution in [2.24, 2.45) is 0 Å². The first-order valence-corrected chi connectivity index (χ1v) is 6.43. The number of nitrogens with one attached hydrogen (secondary N) is 1. The van der Waals surface area contributed by atoms with E-state index >= 15 is 0 Å². The molecule has 1 heterocycles. The lowest BCUT2D eigenvalue weighted by molar-refractivity contribution is 0.0696. The fourth-order valence-electron chi connectivity index (χ4n) is 1.98. The Balaban J connectivity index is 1.95. The molecule has 0 saturated carbocycles. The average Bonchev–Trinajstić information content (AvgIpc) is 2.38. The number of aromatic nitrogens is 2. The minimum absolute atomic E-state index is 0.310. The molecule has 104 valence electrons. The van der Waals surface area contributed by atoms with Crippen molar-refractivity contribution in [3.63, 3.8) is 0 Å². The Bertz CT molecular complexity index is 606. The van der Waals surface area contributed by atoms with Gasteiger partial charge < -0.3 is 10.4 Å². The molecule has 1 aromatic heterocycles. The van der Waals surface area contributed by atoms with E-state index < -0.39 is 5.97 Å². The topological polar surface area (TPSA) is 75.1 Å². The van der Waals surface area contributed by atoms with Crippen molar-refractivity contribution in [2.75, 3.05) is 11.9 Å². The highest BCUT2D eigenvalue weighted by Crippen LogP contribution is 2.07. The van der Waals surface area contributed by atoms with E-state index in [1.54, 1.807) is 18.2 Å². The molecule has 0 atom stereocenters. The molecule has 0 amide bonds. The van der Waals surface area contributed by atoms with Gasteiger partial charge in [-0.25, -0.2) is 14.8 Å². The lowest BCUT2D eigenvalue weighted by Crippen LogP contribution is -2.09. The zero-order valence-corrected chi connectivity index (χ0v) is 11.6. The summed E-state index contributed by atoms with van der Waals surface area (Å²) in [6.07, 6.45) is 0.720. The van der Waals surface area contributed by atoms with Gasteiger partial charge in [-0.15, -0.1) is 0 Å². The largest absolute Gasteiger partial charge is 0.478 e. The highest BCUT2D eigenvalue weighted by molar-refractivity contribution is 5.87. The van der Waals surface area contributed by atoms with Crippen molar-refractivity contribution < 1.29 is 9.90 Å². The molecule has 0 spiro atoms. The number of nitrogens with zero attached hydrogens (tertiary/aromatic N) is 2. The van der Waals surface area contributed by atoms with Crippen LogP contribution in [0.3, 0.4) is 0 Å². The number of carboxylic acids is 1. The Hall–Kier alpha value is -2.43. The molecule has 0 saturated heterocycles. The first-order chi connectivity index (χ1) is 9.54. The molecule has 0 unspecified atom stereocenters. The van der Waals surface area contributed by atoms with Gasteiger partial charge in [0.05, 0.1) is 5.56 Å². The van der Waals surface area contributed by atoms with Crippen LogP contribution >= 0.6 is 0 Å². The van der Waals surface area contributed by atoms with E-state index in [4.69, 9.17) is 5.11 Å². The summed E-state index contributed by atoms with van der Waals surface area (Å²) in [4.78, 5) is 19.5. The maximum atomic E-state index is 10.9. The Morgan fingerprint density at radius 1 is 1.20 bits per heavy atom. The monoisotopic (exact) mass is 271 g/mol. The van der Waals surface area contributed by atoms with Gasteiger partial charge >= 0.3 is 5.97 Å². The number of carboxylic acid groups (broad SMARTS) is 1. The number of anilines is 1. The SMILES string of the molecule is Cc1cc(C)nc(NCCc2cccc(C(=O)O)c2)n1. The van der Waals surface area contributed by atoms with Crippen molar-refractivity contribution in [3.05, 3.63) is 52.8 Å². The lowest BCUT2D eigenvalue weighted by Gasteiger charge is -2.07. The Kier molecular flexibility index (Phi) is 4.30. The van der Waals surface area contributed by atoms with Crippen LogP contribution < -0.4 is 5.32 Å². The summed E-state index contributed by atoms with van der Waals surface area (Å²) in [6, 6.07) is 8.86. The highest BCUT2D eigenvalue weighted by Gasteiger charge is 2.03. The molecule has 0 bridgehead atoms. The molecule has 20 heavy (non-hydrogen) atoms. The second kappa shape index (κ2) is 6.14. The average molecular weight is 271 g/mol. The Morgan fingerprint density at radius 2 is 1.90 bits per heavy atom. The Labute approximate surface area is 117 Å². The first-order valence-electron chi connectivity index (χ1n) is 6.43. The van der Waals surface area contributed by atoms with Crippen LogP contribution in [0.1, 0.15) is 27.3 Å². The van der Waals surface area contributed by atoms with E-state index in [0.29, 0.717) is 18.1 Å². The van der Waals surface area contributed by atoms with Crippen LogP contribution in [0.25, 0.3) is 0 Å². The van der Waals surface area contributed by atoms with Crippen LogP contribution in [0.2, 0.25) is 0 Å². The third kappa shape index (κ3) is 3.78. The second-order valence-corrected chi connectivity index (χ2v) is 4.66. The zero-order valence-electron chi connectivity index (χ0n) is 11.6. The molecule has 2 N–H and O–H groups in total. The molecule has 0 aliphatic rings. The van der Waals surface area contributed by atoms with Crippen LogP contribution in [-0.2, 0) is 6.42 Å². The predicted molar refractivity (Wildman–Crippen MR) is 77.1 cm³/mol. The van der Waals surface area contributed by atoms with Gasteiger partial charge in [0.1, 0.15) is 0 Å². The van der Waals surface area contributed by atoms with Gasteiger partial charge in [0.25, 0.3) is 0 Å². The van der Waals surface area contributed by atoms with Crippen LogP contribution in [0.5, 0.6) is 0 Å². The summed E-state index contributed by atoms with van der Waals surface area (Å²) in [5.41, 5.74) is 3.13. The predicted octanol–water partition coefficient (Wildman–Crippen LogP) is 2.45. The smallest absolute Gasteiger partial charge is 0.335 e.